The Morgan fingerprint density at radius 3 is 3.00 bits per heavy atom. The highest BCUT2D eigenvalue weighted by molar-refractivity contribution is 9.10. The Morgan fingerprint density at radius 2 is 2.26 bits per heavy atom. The van der Waals surface area contributed by atoms with E-state index in [0.29, 0.717) is 6.54 Å². The summed E-state index contributed by atoms with van der Waals surface area (Å²) in [6.45, 7) is 2.81. The van der Waals surface area contributed by atoms with Gasteiger partial charge in [-0.05, 0) is 34.5 Å². The first-order valence-corrected chi connectivity index (χ1v) is 7.40. The van der Waals surface area contributed by atoms with E-state index in [-0.39, 0.29) is 6.04 Å². The van der Waals surface area contributed by atoms with Gasteiger partial charge in [-0.1, -0.05) is 19.8 Å². The summed E-state index contributed by atoms with van der Waals surface area (Å²) in [6, 6.07) is 4.21. The van der Waals surface area contributed by atoms with Crippen molar-refractivity contribution in [2.75, 3.05) is 11.9 Å². The minimum absolute atomic E-state index is 0.288. The Hall–Kier alpha value is -1.20. The maximum atomic E-state index is 5.82. The molecule has 0 fully saturated rings. The van der Waals surface area contributed by atoms with E-state index in [2.05, 4.69) is 38.1 Å². The summed E-state index contributed by atoms with van der Waals surface area (Å²) >= 11 is 3.41. The average Bonchev–Trinajstić information content (AvgIpc) is 2.43. The van der Waals surface area contributed by atoms with E-state index < -0.39 is 0 Å². The number of unbranched alkanes of at least 4 members (excludes halogenated alkanes) is 1. The molecular formula is C14H19BrN4. The van der Waals surface area contributed by atoms with Gasteiger partial charge in [0.1, 0.15) is 5.52 Å². The zero-order valence-electron chi connectivity index (χ0n) is 11.1. The largest absolute Gasteiger partial charge is 0.379 e. The molecule has 2 aromatic rings. The molecular weight excluding hydrogens is 304 g/mol. The van der Waals surface area contributed by atoms with Crippen LogP contribution in [-0.4, -0.2) is 22.6 Å². The zero-order chi connectivity index (χ0) is 13.7. The molecule has 0 spiro atoms. The third kappa shape index (κ3) is 3.64. The molecule has 1 atom stereocenters. The van der Waals surface area contributed by atoms with Crippen molar-refractivity contribution in [3.05, 3.63) is 29.0 Å². The van der Waals surface area contributed by atoms with Crippen LogP contribution in [0, 0.1) is 0 Å². The molecule has 0 bridgehead atoms. The third-order valence-electron chi connectivity index (χ3n) is 3.09. The number of anilines is 1. The predicted octanol–water partition coefficient (Wildman–Crippen LogP) is 3.32. The summed E-state index contributed by atoms with van der Waals surface area (Å²) in [6.07, 6.45) is 7.02. The number of nitrogens with one attached hydrogen (secondary N) is 1. The zero-order valence-corrected chi connectivity index (χ0v) is 12.7. The van der Waals surface area contributed by atoms with Crippen LogP contribution in [0.4, 0.5) is 5.69 Å². The summed E-state index contributed by atoms with van der Waals surface area (Å²) in [5.41, 5.74) is 8.60. The Kier molecular flexibility index (Phi) is 5.10. The van der Waals surface area contributed by atoms with Gasteiger partial charge in [-0.3, -0.25) is 9.97 Å². The number of hydrogen-bond donors (Lipinski definition) is 2. The second kappa shape index (κ2) is 6.82. The van der Waals surface area contributed by atoms with Crippen molar-refractivity contribution >= 4 is 32.7 Å². The van der Waals surface area contributed by atoms with Crippen LogP contribution in [0.15, 0.2) is 29.0 Å². The van der Waals surface area contributed by atoms with Crippen LogP contribution >= 0.6 is 15.9 Å². The number of nitrogens with two attached hydrogens (primary N) is 1. The van der Waals surface area contributed by atoms with Gasteiger partial charge in [-0.15, -0.1) is 0 Å². The molecule has 0 aromatic carbocycles. The fourth-order valence-corrected chi connectivity index (χ4v) is 2.36. The predicted molar refractivity (Wildman–Crippen MR) is 83.2 cm³/mol. The summed E-state index contributed by atoms with van der Waals surface area (Å²) in [5, 5.41) is 3.48. The highest BCUT2D eigenvalue weighted by Gasteiger charge is 2.09. The van der Waals surface area contributed by atoms with Gasteiger partial charge in [-0.25, -0.2) is 0 Å². The van der Waals surface area contributed by atoms with Gasteiger partial charge < -0.3 is 11.1 Å². The number of rotatable bonds is 6. The van der Waals surface area contributed by atoms with E-state index in [0.717, 1.165) is 27.6 Å². The molecule has 0 aliphatic rings. The maximum Gasteiger partial charge on any atom is 0.112 e. The lowest BCUT2D eigenvalue weighted by Crippen LogP contribution is -2.28. The van der Waals surface area contributed by atoms with Gasteiger partial charge >= 0.3 is 0 Å². The van der Waals surface area contributed by atoms with Crippen molar-refractivity contribution < 1.29 is 0 Å². The first kappa shape index (κ1) is 14.2. The van der Waals surface area contributed by atoms with Crippen LogP contribution in [0.2, 0.25) is 0 Å². The van der Waals surface area contributed by atoms with Crippen molar-refractivity contribution in [1.29, 1.82) is 0 Å². The molecule has 0 aliphatic heterocycles. The summed E-state index contributed by atoms with van der Waals surface area (Å²) in [4.78, 5) is 8.77. The molecule has 4 nitrogen and oxygen atoms in total. The molecule has 0 amide bonds. The Bertz CT molecular complexity index is 544. The fraction of sp³-hybridized carbons (Fsp3) is 0.429. The number of hydrogen-bond acceptors (Lipinski definition) is 4. The van der Waals surface area contributed by atoms with Crippen molar-refractivity contribution in [2.45, 2.75) is 32.2 Å². The van der Waals surface area contributed by atoms with Gasteiger partial charge in [-0.2, -0.15) is 0 Å². The monoisotopic (exact) mass is 322 g/mol. The van der Waals surface area contributed by atoms with Crippen molar-refractivity contribution in [1.82, 2.24) is 9.97 Å². The molecule has 2 aromatic heterocycles. The van der Waals surface area contributed by atoms with Crippen LogP contribution in [-0.2, 0) is 0 Å². The van der Waals surface area contributed by atoms with Crippen LogP contribution in [0.1, 0.15) is 26.2 Å². The van der Waals surface area contributed by atoms with Crippen LogP contribution < -0.4 is 11.1 Å². The lowest BCUT2D eigenvalue weighted by molar-refractivity contribution is 0.614. The quantitative estimate of drug-likeness (QED) is 0.856. The Balaban J connectivity index is 2.24. The van der Waals surface area contributed by atoms with Crippen LogP contribution in [0.5, 0.6) is 0 Å². The first-order valence-electron chi connectivity index (χ1n) is 6.61. The van der Waals surface area contributed by atoms with Gasteiger partial charge in [0, 0.05) is 29.5 Å². The summed E-state index contributed by atoms with van der Waals surface area (Å²) < 4.78 is 0.936. The van der Waals surface area contributed by atoms with Crippen molar-refractivity contribution in [3.8, 4) is 0 Å². The second-order valence-corrected chi connectivity index (χ2v) is 5.51. The van der Waals surface area contributed by atoms with E-state index in [1.165, 1.54) is 12.8 Å². The first-order chi connectivity index (χ1) is 9.24. The smallest absolute Gasteiger partial charge is 0.112 e. The lowest BCUT2D eigenvalue weighted by Gasteiger charge is -2.18. The minimum Gasteiger partial charge on any atom is -0.379 e. The molecule has 1 unspecified atom stereocenters. The van der Waals surface area contributed by atoms with E-state index in [1.54, 1.807) is 12.4 Å². The van der Waals surface area contributed by atoms with Crippen LogP contribution in [0.3, 0.4) is 0 Å². The molecule has 2 heterocycles. The lowest BCUT2D eigenvalue weighted by atomic mass is 10.1. The number of halogens is 1. The number of aromatic nitrogens is 2. The number of nitrogens with zero attached hydrogens (tertiary/aromatic N) is 2. The van der Waals surface area contributed by atoms with E-state index >= 15 is 0 Å². The second-order valence-electron chi connectivity index (χ2n) is 4.60. The fourth-order valence-electron chi connectivity index (χ4n) is 2.04. The van der Waals surface area contributed by atoms with Crippen LogP contribution in [0.25, 0.3) is 11.0 Å². The minimum atomic E-state index is 0.288. The SMILES string of the molecule is CCCCC(CN)Nc1ccnc2cc(Br)cnc12. The highest BCUT2D eigenvalue weighted by Crippen LogP contribution is 2.23. The summed E-state index contributed by atoms with van der Waals surface area (Å²) in [5.74, 6) is 0. The highest BCUT2D eigenvalue weighted by atomic mass is 79.9. The maximum absolute atomic E-state index is 5.82. The number of pyridine rings is 2. The summed E-state index contributed by atoms with van der Waals surface area (Å²) in [7, 11) is 0. The van der Waals surface area contributed by atoms with Crippen molar-refractivity contribution in [3.63, 3.8) is 0 Å². The molecule has 0 radical (unpaired) electrons. The molecule has 0 saturated carbocycles. The van der Waals surface area contributed by atoms with Gasteiger partial charge in [0.25, 0.3) is 0 Å². The number of fused-ring (bicyclic) bond motifs is 1. The molecule has 2 rings (SSSR count). The Morgan fingerprint density at radius 1 is 1.42 bits per heavy atom. The average molecular weight is 323 g/mol. The van der Waals surface area contributed by atoms with E-state index in [4.69, 9.17) is 5.73 Å². The van der Waals surface area contributed by atoms with Gasteiger partial charge in [0.2, 0.25) is 0 Å². The topological polar surface area (TPSA) is 63.8 Å². The van der Waals surface area contributed by atoms with E-state index in [9.17, 15) is 0 Å². The standard InChI is InChI=1S/C14H19BrN4/c1-2-3-4-11(8-16)19-12-5-6-17-13-7-10(15)9-18-14(12)13/h5-7,9,11H,2-4,8,16H2,1H3,(H,17,19). The molecule has 0 saturated heterocycles. The van der Waals surface area contributed by atoms with Crippen molar-refractivity contribution in [2.24, 2.45) is 5.73 Å². The Labute approximate surface area is 121 Å². The van der Waals surface area contributed by atoms with Gasteiger partial charge in [0.15, 0.2) is 0 Å². The molecule has 3 N–H and O–H groups in total. The molecule has 0 aliphatic carbocycles. The van der Waals surface area contributed by atoms with Gasteiger partial charge in [0.05, 0.1) is 11.2 Å². The normalized spacial score (nSPS) is 12.6. The third-order valence-corrected chi connectivity index (χ3v) is 3.53. The molecule has 5 heteroatoms. The van der Waals surface area contributed by atoms with E-state index in [1.807, 2.05) is 12.1 Å². The molecule has 19 heavy (non-hydrogen) atoms. The molecule has 102 valence electrons.